The summed E-state index contributed by atoms with van der Waals surface area (Å²) in [6.45, 7) is 5.80. The summed E-state index contributed by atoms with van der Waals surface area (Å²) in [5.41, 5.74) is 0. The lowest BCUT2D eigenvalue weighted by molar-refractivity contribution is -0.305. The number of aliphatic hydroxyl groups is 5. The number of nitrogens with one attached hydrogen (secondary N) is 1. The average Bonchev–Trinajstić information content (AvgIpc) is 2.50. The summed E-state index contributed by atoms with van der Waals surface area (Å²) in [6, 6.07) is -1.03. The van der Waals surface area contributed by atoms with Crippen LogP contribution < -0.4 is 5.32 Å². The molecule has 8 unspecified atom stereocenters. The van der Waals surface area contributed by atoms with Crippen LogP contribution >= 0.6 is 0 Å². The minimum Gasteiger partial charge on any atom is -0.454 e. The number of allylic oxidation sites excluding steroid dienone is 9. The van der Waals surface area contributed by atoms with Gasteiger partial charge >= 0.3 is 5.97 Å². The Morgan fingerprint density at radius 1 is 0.459 bits per heavy atom. The van der Waals surface area contributed by atoms with Crippen LogP contribution in [0.4, 0.5) is 0 Å². The summed E-state index contributed by atoms with van der Waals surface area (Å²) >= 11 is 0. The Balaban J connectivity index is 2.55. The van der Waals surface area contributed by atoms with Gasteiger partial charge in [-0.05, 0) is 89.9 Å². The van der Waals surface area contributed by atoms with Crippen molar-refractivity contribution in [2.45, 2.75) is 384 Å². The number of hydrogen-bond donors (Lipinski definition) is 6. The maximum absolute atomic E-state index is 13.5. The molecule has 1 aliphatic rings. The fraction of sp³-hybridized carbons (Fsp3) is 0.838. The predicted molar refractivity (Wildman–Crippen MR) is 356 cm³/mol. The van der Waals surface area contributed by atoms with Gasteiger partial charge in [-0.15, -0.1) is 0 Å². The van der Waals surface area contributed by atoms with Gasteiger partial charge in [-0.25, -0.2) is 0 Å². The van der Waals surface area contributed by atoms with Gasteiger partial charge in [0.25, 0.3) is 0 Å². The smallest absolute Gasteiger partial charge is 0.306 e. The van der Waals surface area contributed by atoms with Crippen LogP contribution in [0.15, 0.2) is 60.8 Å². The summed E-state index contributed by atoms with van der Waals surface area (Å²) in [5, 5.41) is 57.2. The fourth-order valence-corrected chi connectivity index (χ4v) is 11.2. The molecule has 1 heterocycles. The lowest BCUT2D eigenvalue weighted by atomic mass is 9.99. The highest BCUT2D eigenvalue weighted by Gasteiger charge is 2.47. The number of esters is 1. The zero-order chi connectivity index (χ0) is 61.7. The number of carbonyl (C=O) groups is 2. The number of unbranched alkanes of at least 4 members (excludes halogenated alkanes) is 40. The molecule has 0 aromatic rings. The molecule has 0 radical (unpaired) electrons. The van der Waals surface area contributed by atoms with Crippen molar-refractivity contribution in [3.05, 3.63) is 60.8 Å². The van der Waals surface area contributed by atoms with Crippen LogP contribution in [0.1, 0.15) is 335 Å². The zero-order valence-corrected chi connectivity index (χ0v) is 55.2. The van der Waals surface area contributed by atoms with E-state index in [1.807, 2.05) is 6.08 Å². The number of amides is 1. The van der Waals surface area contributed by atoms with E-state index < -0.39 is 67.4 Å². The van der Waals surface area contributed by atoms with E-state index in [0.717, 1.165) is 83.5 Å². The Morgan fingerprint density at radius 2 is 0.812 bits per heavy atom. The van der Waals surface area contributed by atoms with Crippen molar-refractivity contribution in [1.29, 1.82) is 0 Å². The standard InChI is InChI=1S/C74H135NO10/c1-4-7-10-13-16-19-22-25-27-29-30-31-32-33-34-35-36-37-38-39-41-44-47-50-53-56-59-62-69(79)85-72-71(81)70(80)68(63-76)84-74(72)83-64-65(66(77)60-57-54-51-48-45-42-24-21-18-15-12-9-6-3)75-73(82)67(78)61-58-55-52-49-46-43-40-28-26-23-20-17-14-11-8-5-2/h16,19,25-28,30-31,57,60,65-68,70-72,74,76-78,80-81H,4-15,17-18,20-24,29,32-56,58-59,61-64H2,1-3H3,(H,75,82)/b19-16-,27-25-,28-26+,31-30-,60-57+. The van der Waals surface area contributed by atoms with Gasteiger partial charge < -0.3 is 45.1 Å². The van der Waals surface area contributed by atoms with Gasteiger partial charge in [-0.1, -0.05) is 300 Å². The van der Waals surface area contributed by atoms with Gasteiger partial charge in [0.1, 0.15) is 24.4 Å². The molecule has 0 aromatic carbocycles. The third kappa shape index (κ3) is 48.9. The summed E-state index contributed by atoms with van der Waals surface area (Å²) in [5.74, 6) is -1.19. The first-order chi connectivity index (χ1) is 41.7. The van der Waals surface area contributed by atoms with Crippen molar-refractivity contribution in [3.8, 4) is 0 Å². The normalized spacial score (nSPS) is 18.7. The van der Waals surface area contributed by atoms with E-state index >= 15 is 0 Å². The molecule has 496 valence electrons. The molecular weight excluding hydrogens is 1060 g/mol. The number of ether oxygens (including phenoxy) is 3. The number of aliphatic hydroxyl groups excluding tert-OH is 5. The molecule has 11 nitrogen and oxygen atoms in total. The molecule has 0 aliphatic carbocycles. The van der Waals surface area contributed by atoms with Gasteiger partial charge in [-0.2, -0.15) is 0 Å². The van der Waals surface area contributed by atoms with Gasteiger partial charge in [-0.3, -0.25) is 9.59 Å². The average molecular weight is 1200 g/mol. The van der Waals surface area contributed by atoms with E-state index in [-0.39, 0.29) is 19.4 Å². The van der Waals surface area contributed by atoms with Gasteiger partial charge in [0.2, 0.25) is 5.91 Å². The Hall–Kier alpha value is -2.64. The van der Waals surface area contributed by atoms with E-state index in [1.165, 1.54) is 205 Å². The highest BCUT2D eigenvalue weighted by molar-refractivity contribution is 5.80. The summed E-state index contributed by atoms with van der Waals surface area (Å²) in [4.78, 5) is 26.7. The molecule has 1 amide bonds. The molecule has 1 aliphatic heterocycles. The molecule has 0 spiro atoms. The summed E-state index contributed by atoms with van der Waals surface area (Å²) in [7, 11) is 0. The number of rotatable bonds is 62. The maximum Gasteiger partial charge on any atom is 0.306 e. The highest BCUT2D eigenvalue weighted by atomic mass is 16.7. The topological polar surface area (TPSA) is 175 Å². The van der Waals surface area contributed by atoms with Crippen molar-refractivity contribution >= 4 is 11.9 Å². The highest BCUT2D eigenvalue weighted by Crippen LogP contribution is 2.26. The van der Waals surface area contributed by atoms with E-state index in [1.54, 1.807) is 6.08 Å². The van der Waals surface area contributed by atoms with E-state index in [0.29, 0.717) is 12.8 Å². The van der Waals surface area contributed by atoms with Crippen LogP contribution in [-0.4, -0.2) is 99.6 Å². The molecular formula is C74H135NO10. The van der Waals surface area contributed by atoms with Crippen LogP contribution in [0.5, 0.6) is 0 Å². The van der Waals surface area contributed by atoms with Gasteiger partial charge in [0, 0.05) is 6.42 Å². The lowest BCUT2D eigenvalue weighted by Crippen LogP contribution is -2.61. The van der Waals surface area contributed by atoms with Crippen molar-refractivity contribution < 1.29 is 49.3 Å². The first-order valence-corrected chi connectivity index (χ1v) is 36.1. The summed E-state index contributed by atoms with van der Waals surface area (Å²) in [6.07, 6.45) is 68.3. The SMILES string of the molecule is CCCCC/C=C\C/C=C\C/C=C\CCCCCCCCCCCCCCCCC(=O)OC1C(OCC(NC(=O)C(O)CCCCCCCC/C=C/CCCCCCCC)C(O)/C=C/CCCCCCCCCCCCC)OC(CO)C(O)C1O. The van der Waals surface area contributed by atoms with Crippen molar-refractivity contribution in [1.82, 2.24) is 5.32 Å². The molecule has 1 fully saturated rings. The van der Waals surface area contributed by atoms with E-state index in [4.69, 9.17) is 14.2 Å². The summed E-state index contributed by atoms with van der Waals surface area (Å²) < 4.78 is 17.7. The Labute approximate surface area is 522 Å². The minimum atomic E-state index is -1.62. The molecule has 1 rings (SSSR count). The molecule has 0 bridgehead atoms. The molecule has 1 saturated heterocycles. The molecule has 6 N–H and O–H groups in total. The Kier molecular flexibility index (Phi) is 58.2. The Morgan fingerprint density at radius 3 is 1.25 bits per heavy atom. The van der Waals surface area contributed by atoms with E-state index in [2.05, 4.69) is 74.7 Å². The van der Waals surface area contributed by atoms with Crippen LogP contribution in [0.3, 0.4) is 0 Å². The minimum absolute atomic E-state index is 0.123. The first-order valence-electron chi connectivity index (χ1n) is 36.1. The second-order valence-electron chi connectivity index (χ2n) is 25.0. The molecule has 11 heteroatoms. The van der Waals surface area contributed by atoms with Crippen LogP contribution in [0.2, 0.25) is 0 Å². The zero-order valence-electron chi connectivity index (χ0n) is 55.2. The second kappa shape index (κ2) is 61.6. The van der Waals surface area contributed by atoms with E-state index in [9.17, 15) is 35.1 Å². The third-order valence-electron chi connectivity index (χ3n) is 16.9. The monoisotopic (exact) mass is 1200 g/mol. The van der Waals surface area contributed by atoms with Crippen LogP contribution in [-0.2, 0) is 23.8 Å². The lowest BCUT2D eigenvalue weighted by Gasteiger charge is -2.41. The van der Waals surface area contributed by atoms with Gasteiger partial charge in [0.05, 0.1) is 25.4 Å². The van der Waals surface area contributed by atoms with Gasteiger partial charge in [0.15, 0.2) is 12.4 Å². The fourth-order valence-electron chi connectivity index (χ4n) is 11.2. The maximum atomic E-state index is 13.5. The Bertz CT molecular complexity index is 1620. The van der Waals surface area contributed by atoms with Crippen molar-refractivity contribution in [2.75, 3.05) is 13.2 Å². The van der Waals surface area contributed by atoms with Crippen LogP contribution in [0.25, 0.3) is 0 Å². The van der Waals surface area contributed by atoms with Crippen molar-refractivity contribution in [2.24, 2.45) is 0 Å². The van der Waals surface area contributed by atoms with Crippen LogP contribution in [0, 0.1) is 0 Å². The molecule has 8 atom stereocenters. The largest absolute Gasteiger partial charge is 0.454 e. The second-order valence-corrected chi connectivity index (χ2v) is 25.0. The molecule has 85 heavy (non-hydrogen) atoms. The third-order valence-corrected chi connectivity index (χ3v) is 16.9. The number of carbonyl (C=O) groups excluding carboxylic acids is 2. The quantitative estimate of drug-likeness (QED) is 0.0195. The predicted octanol–water partition coefficient (Wildman–Crippen LogP) is 18.5. The molecule has 0 aromatic heterocycles. The first kappa shape index (κ1) is 80.4. The molecule has 0 saturated carbocycles. The van der Waals surface area contributed by atoms with Crippen molar-refractivity contribution in [3.63, 3.8) is 0 Å². The number of hydrogen-bond acceptors (Lipinski definition) is 10.